The maximum atomic E-state index is 12.8. The number of allylic oxidation sites excluding steroid dienone is 11. The lowest BCUT2D eigenvalue weighted by atomic mass is 9.85. The van der Waals surface area contributed by atoms with Crippen molar-refractivity contribution < 1.29 is 63.1 Å². The van der Waals surface area contributed by atoms with Crippen molar-refractivity contribution in [3.05, 3.63) is 72.9 Å². The number of ether oxygens (including phenoxy) is 2. The van der Waals surface area contributed by atoms with Gasteiger partial charge in [-0.05, 0) is 57.8 Å². The number of aliphatic hydroxyl groups is 5. The molecule has 0 aliphatic heterocycles. The highest BCUT2D eigenvalue weighted by atomic mass is 31.2. The molecule has 1 saturated carbocycles. The Labute approximate surface area is 365 Å². The van der Waals surface area contributed by atoms with E-state index in [1.807, 2.05) is 18.2 Å². The van der Waals surface area contributed by atoms with Crippen LogP contribution >= 0.6 is 7.82 Å². The Balaban J connectivity index is 2.57. The Morgan fingerprint density at radius 1 is 0.557 bits per heavy atom. The molecule has 1 rings (SSSR count). The van der Waals surface area contributed by atoms with Crippen LogP contribution < -0.4 is 0 Å². The molecule has 0 aromatic carbocycles. The molecule has 0 saturated heterocycles. The van der Waals surface area contributed by atoms with Gasteiger partial charge in [-0.3, -0.25) is 13.8 Å². The Bertz CT molecular complexity index is 1340. The minimum absolute atomic E-state index is 0.00184. The van der Waals surface area contributed by atoms with Gasteiger partial charge in [-0.1, -0.05) is 158 Å². The van der Waals surface area contributed by atoms with Gasteiger partial charge < -0.3 is 39.9 Å². The second-order valence-electron chi connectivity index (χ2n) is 15.6. The van der Waals surface area contributed by atoms with Crippen molar-refractivity contribution in [1.82, 2.24) is 0 Å². The first-order valence-corrected chi connectivity index (χ1v) is 24.3. The Morgan fingerprint density at radius 3 is 1.56 bits per heavy atom. The molecule has 0 amide bonds. The van der Waals surface area contributed by atoms with Crippen LogP contribution in [0.15, 0.2) is 72.9 Å². The first-order valence-electron chi connectivity index (χ1n) is 22.8. The van der Waals surface area contributed by atoms with Gasteiger partial charge >= 0.3 is 19.8 Å². The average Bonchev–Trinajstić information content (AvgIpc) is 3.24. The number of hydrogen-bond acceptors (Lipinski definition) is 12. The molecular weight excluding hydrogens is 803 g/mol. The fourth-order valence-corrected chi connectivity index (χ4v) is 7.40. The molecule has 14 heteroatoms. The summed E-state index contributed by atoms with van der Waals surface area (Å²) in [6.45, 7) is 3.10. The minimum Gasteiger partial charge on any atom is -0.458 e. The summed E-state index contributed by atoms with van der Waals surface area (Å²) >= 11 is 0. The van der Waals surface area contributed by atoms with Crippen molar-refractivity contribution in [3.8, 4) is 0 Å². The molecule has 0 spiro atoms. The standard InChI is InChI=1S/C47H79O13P/c1-3-5-7-9-11-13-15-17-19-20-22-24-26-28-30-32-34-36-41(49)59-39(38-58-61(55,56)60-47-45(53)43(51)42(50)44(52)46(47)54)37-57-40(48)35-33-31-29-27-25-23-21-18-16-14-12-10-8-6-4-2/h11,13,17,19,22,24,28-31,33,35,39,42-47,50-54H,3-10,12,14-16,18,20-21,23,25-27,32,34,36-38H2,1-2H3,(H,55,56)/b13-11+,19-17+,24-22+,30-28+,31-29+,35-33+/t39-,42?,43+,44?,45?,46?,47?/m1/s1. The predicted molar refractivity (Wildman–Crippen MR) is 239 cm³/mol. The van der Waals surface area contributed by atoms with E-state index in [0.717, 1.165) is 44.9 Å². The molecule has 6 unspecified atom stereocenters. The van der Waals surface area contributed by atoms with E-state index >= 15 is 0 Å². The highest BCUT2D eigenvalue weighted by Crippen LogP contribution is 2.47. The minimum atomic E-state index is -5.16. The third-order valence-corrected chi connectivity index (χ3v) is 11.1. The van der Waals surface area contributed by atoms with Crippen molar-refractivity contribution in [3.63, 3.8) is 0 Å². The molecular formula is C47H79O13P. The average molecular weight is 883 g/mol. The van der Waals surface area contributed by atoms with Crippen molar-refractivity contribution in [2.75, 3.05) is 13.2 Å². The van der Waals surface area contributed by atoms with Crippen LogP contribution in [0.4, 0.5) is 0 Å². The number of esters is 2. The first-order chi connectivity index (χ1) is 29.4. The molecule has 350 valence electrons. The van der Waals surface area contributed by atoms with E-state index in [4.69, 9.17) is 18.5 Å². The van der Waals surface area contributed by atoms with E-state index in [-0.39, 0.29) is 6.42 Å². The van der Waals surface area contributed by atoms with Gasteiger partial charge in [0.05, 0.1) is 6.61 Å². The summed E-state index contributed by atoms with van der Waals surface area (Å²) in [4.78, 5) is 35.5. The normalized spacial score (nSPS) is 22.7. The molecule has 6 N–H and O–H groups in total. The fourth-order valence-electron chi connectivity index (χ4n) is 6.43. The Hall–Kier alpha value is -2.71. The lowest BCUT2D eigenvalue weighted by Crippen LogP contribution is -2.64. The zero-order chi connectivity index (χ0) is 45.0. The zero-order valence-electron chi connectivity index (χ0n) is 36.9. The molecule has 0 aromatic heterocycles. The second kappa shape index (κ2) is 36.7. The van der Waals surface area contributed by atoms with E-state index in [1.54, 1.807) is 6.08 Å². The third kappa shape index (κ3) is 29.3. The number of rotatable bonds is 36. The van der Waals surface area contributed by atoms with Crippen LogP contribution in [-0.2, 0) is 32.7 Å². The number of aliphatic hydroxyl groups excluding tert-OH is 5. The molecule has 13 nitrogen and oxygen atoms in total. The van der Waals surface area contributed by atoms with Crippen molar-refractivity contribution in [2.45, 2.75) is 198 Å². The van der Waals surface area contributed by atoms with Crippen molar-refractivity contribution in [2.24, 2.45) is 0 Å². The predicted octanol–water partition coefficient (Wildman–Crippen LogP) is 8.72. The number of phosphoric ester groups is 1. The number of carbonyl (C=O) groups excluding carboxylic acids is 2. The van der Waals surface area contributed by atoms with Gasteiger partial charge in [-0.2, -0.15) is 0 Å². The number of carbonyl (C=O) groups is 2. The molecule has 0 heterocycles. The zero-order valence-corrected chi connectivity index (χ0v) is 37.8. The number of unbranched alkanes of at least 4 members (excludes halogenated alkanes) is 15. The smallest absolute Gasteiger partial charge is 0.458 e. The summed E-state index contributed by atoms with van der Waals surface area (Å²) in [5, 5.41) is 50.1. The second-order valence-corrected chi connectivity index (χ2v) is 17.0. The highest BCUT2D eigenvalue weighted by molar-refractivity contribution is 7.47. The summed E-state index contributed by atoms with van der Waals surface area (Å²) in [6.07, 6.45) is 33.1. The number of phosphoric acid groups is 1. The molecule has 0 radical (unpaired) electrons. The van der Waals surface area contributed by atoms with Gasteiger partial charge in [-0.15, -0.1) is 0 Å². The maximum absolute atomic E-state index is 12.8. The van der Waals surface area contributed by atoms with Crippen LogP contribution in [-0.4, -0.2) is 98.3 Å². The SMILES string of the molecule is CCCCC/C=C/C/C=C/C/C=C/C/C=C/CCCC(=O)O[C@H](COC(=O)/C=C/C=C/CCCCCCCCCCCCC)COP(=O)(O)OC1C(O)C(O)C(O)[C@H](O)C1O. The largest absolute Gasteiger partial charge is 0.472 e. The molecule has 0 bridgehead atoms. The van der Waals surface area contributed by atoms with E-state index in [0.29, 0.717) is 12.8 Å². The Kier molecular flexibility index (Phi) is 33.9. The van der Waals surface area contributed by atoms with Gasteiger partial charge in [0.2, 0.25) is 0 Å². The van der Waals surface area contributed by atoms with E-state index in [9.17, 15) is 44.6 Å². The summed E-state index contributed by atoms with van der Waals surface area (Å²) in [7, 11) is -5.16. The topological polar surface area (TPSA) is 210 Å². The van der Waals surface area contributed by atoms with Gasteiger partial charge in [-0.25, -0.2) is 9.36 Å². The summed E-state index contributed by atoms with van der Waals surface area (Å²) in [5.41, 5.74) is 0. The van der Waals surface area contributed by atoms with Gasteiger partial charge in [0.1, 0.15) is 43.2 Å². The van der Waals surface area contributed by atoms with E-state index < -0.39 is 75.7 Å². The lowest BCUT2D eigenvalue weighted by Gasteiger charge is -2.41. The molecule has 0 aromatic rings. The van der Waals surface area contributed by atoms with Crippen LogP contribution in [0, 0.1) is 0 Å². The third-order valence-electron chi connectivity index (χ3n) is 10.1. The molecule has 8 atom stereocenters. The van der Waals surface area contributed by atoms with E-state index in [1.165, 1.54) is 89.2 Å². The molecule has 1 aliphatic rings. The van der Waals surface area contributed by atoms with Crippen LogP contribution in [0.2, 0.25) is 0 Å². The quantitative estimate of drug-likeness (QED) is 0.00870. The van der Waals surface area contributed by atoms with Gasteiger partial charge in [0.15, 0.2) is 6.10 Å². The van der Waals surface area contributed by atoms with Gasteiger partial charge in [0.25, 0.3) is 0 Å². The van der Waals surface area contributed by atoms with Crippen LogP contribution in [0.3, 0.4) is 0 Å². The molecule has 1 fully saturated rings. The first kappa shape index (κ1) is 56.3. The fraction of sp³-hybridized carbons (Fsp3) is 0.702. The summed E-state index contributed by atoms with van der Waals surface area (Å²) in [6, 6.07) is 0. The molecule has 61 heavy (non-hydrogen) atoms. The lowest BCUT2D eigenvalue weighted by molar-refractivity contribution is -0.220. The van der Waals surface area contributed by atoms with Crippen LogP contribution in [0.1, 0.15) is 155 Å². The van der Waals surface area contributed by atoms with Crippen molar-refractivity contribution in [1.29, 1.82) is 0 Å². The summed E-state index contributed by atoms with van der Waals surface area (Å²) < 4.78 is 33.2. The number of hydrogen-bond donors (Lipinski definition) is 6. The van der Waals surface area contributed by atoms with E-state index in [2.05, 4.69) is 50.3 Å². The highest BCUT2D eigenvalue weighted by Gasteiger charge is 2.51. The van der Waals surface area contributed by atoms with Gasteiger partial charge in [0, 0.05) is 12.5 Å². The van der Waals surface area contributed by atoms with Crippen LogP contribution in [0.25, 0.3) is 0 Å². The van der Waals surface area contributed by atoms with Crippen LogP contribution in [0.5, 0.6) is 0 Å². The molecule has 1 aliphatic carbocycles. The Morgan fingerprint density at radius 2 is 1.00 bits per heavy atom. The maximum Gasteiger partial charge on any atom is 0.472 e. The summed E-state index contributed by atoms with van der Waals surface area (Å²) in [5.74, 6) is -1.42. The van der Waals surface area contributed by atoms with Crippen molar-refractivity contribution >= 4 is 19.8 Å². The monoisotopic (exact) mass is 883 g/mol.